The Hall–Kier alpha value is -2.13. The van der Waals surface area contributed by atoms with E-state index >= 15 is 0 Å². The van der Waals surface area contributed by atoms with Crippen LogP contribution in [0.2, 0.25) is 0 Å². The molecule has 5 nitrogen and oxygen atoms in total. The largest absolute Gasteiger partial charge is 0.368 e. The number of benzene rings is 1. The minimum absolute atomic E-state index is 0.0759. The highest BCUT2D eigenvalue weighted by Crippen LogP contribution is 2.23. The number of hydrogen-bond acceptors (Lipinski definition) is 4. The average molecular weight is 290 g/mol. The molecule has 0 radical (unpaired) electrons. The van der Waals surface area contributed by atoms with Gasteiger partial charge < -0.3 is 9.80 Å². The number of anilines is 1. The molecule has 1 saturated heterocycles. The second-order valence-electron chi connectivity index (χ2n) is 5.30. The minimum Gasteiger partial charge on any atom is -0.368 e. The first kappa shape index (κ1) is 15.3. The van der Waals surface area contributed by atoms with Gasteiger partial charge in [-0.1, -0.05) is 6.07 Å². The molecule has 0 spiro atoms. The Bertz CT molecular complexity index is 559. The van der Waals surface area contributed by atoms with Gasteiger partial charge in [-0.15, -0.1) is 0 Å². The SMILES string of the molecule is CN(C)C(=O)CN1CCN(c2cccc(F)c2C#N)CC1. The van der Waals surface area contributed by atoms with Crippen molar-refractivity contribution in [3.05, 3.63) is 29.6 Å². The number of hydrogen-bond donors (Lipinski definition) is 0. The monoisotopic (exact) mass is 290 g/mol. The Morgan fingerprint density at radius 3 is 2.57 bits per heavy atom. The average Bonchev–Trinajstić information content (AvgIpc) is 2.47. The Labute approximate surface area is 124 Å². The molecule has 1 heterocycles. The van der Waals surface area contributed by atoms with Crippen molar-refractivity contribution in [2.45, 2.75) is 0 Å². The molecule has 0 atom stereocenters. The van der Waals surface area contributed by atoms with Gasteiger partial charge in [0.15, 0.2) is 0 Å². The van der Waals surface area contributed by atoms with E-state index in [2.05, 4.69) is 4.90 Å². The molecule has 0 saturated carbocycles. The quantitative estimate of drug-likeness (QED) is 0.830. The van der Waals surface area contributed by atoms with Crippen LogP contribution < -0.4 is 4.90 Å². The van der Waals surface area contributed by atoms with Crippen LogP contribution in [0.3, 0.4) is 0 Å². The molecular weight excluding hydrogens is 271 g/mol. The van der Waals surface area contributed by atoms with Crippen LogP contribution in [0.4, 0.5) is 10.1 Å². The van der Waals surface area contributed by atoms with Gasteiger partial charge in [-0.3, -0.25) is 9.69 Å². The molecular formula is C15H19FN4O. The number of nitrogens with zero attached hydrogens (tertiary/aromatic N) is 4. The molecule has 1 aromatic carbocycles. The Morgan fingerprint density at radius 1 is 1.33 bits per heavy atom. The summed E-state index contributed by atoms with van der Waals surface area (Å²) in [4.78, 5) is 17.3. The lowest BCUT2D eigenvalue weighted by Crippen LogP contribution is -2.49. The zero-order chi connectivity index (χ0) is 15.4. The molecule has 21 heavy (non-hydrogen) atoms. The Balaban J connectivity index is 2.00. The van der Waals surface area contributed by atoms with Crippen LogP contribution in [0.5, 0.6) is 0 Å². The third-order valence-corrected chi connectivity index (χ3v) is 3.67. The van der Waals surface area contributed by atoms with Crippen molar-refractivity contribution in [3.8, 4) is 6.07 Å². The minimum atomic E-state index is -0.486. The van der Waals surface area contributed by atoms with E-state index in [0.29, 0.717) is 25.3 Å². The molecule has 1 aliphatic rings. The maximum atomic E-state index is 13.6. The van der Waals surface area contributed by atoms with E-state index < -0.39 is 5.82 Å². The summed E-state index contributed by atoms with van der Waals surface area (Å²) >= 11 is 0. The molecule has 1 fully saturated rings. The summed E-state index contributed by atoms with van der Waals surface area (Å²) in [7, 11) is 3.48. The van der Waals surface area contributed by atoms with Crippen molar-refractivity contribution in [3.63, 3.8) is 0 Å². The first-order valence-electron chi connectivity index (χ1n) is 6.89. The van der Waals surface area contributed by atoms with Gasteiger partial charge in [0.25, 0.3) is 0 Å². The number of nitriles is 1. The second-order valence-corrected chi connectivity index (χ2v) is 5.30. The molecule has 0 bridgehead atoms. The van der Waals surface area contributed by atoms with Crippen LogP contribution in [0.1, 0.15) is 5.56 Å². The first-order chi connectivity index (χ1) is 10.0. The van der Waals surface area contributed by atoms with E-state index in [9.17, 15) is 9.18 Å². The van der Waals surface area contributed by atoms with Crippen molar-refractivity contribution < 1.29 is 9.18 Å². The van der Waals surface area contributed by atoms with E-state index in [-0.39, 0.29) is 11.5 Å². The van der Waals surface area contributed by atoms with Crippen LogP contribution in [0.15, 0.2) is 18.2 Å². The number of piperazine rings is 1. The maximum Gasteiger partial charge on any atom is 0.236 e. The lowest BCUT2D eigenvalue weighted by atomic mass is 10.1. The summed E-state index contributed by atoms with van der Waals surface area (Å²) in [6.07, 6.45) is 0. The van der Waals surface area contributed by atoms with Crippen molar-refractivity contribution in [1.82, 2.24) is 9.80 Å². The maximum absolute atomic E-state index is 13.6. The molecule has 1 aliphatic heterocycles. The fourth-order valence-corrected chi connectivity index (χ4v) is 2.37. The van der Waals surface area contributed by atoms with Crippen LogP contribution in [-0.4, -0.2) is 62.5 Å². The molecule has 0 aromatic heterocycles. The summed E-state index contributed by atoms with van der Waals surface area (Å²) in [6, 6.07) is 6.61. The topological polar surface area (TPSA) is 50.6 Å². The fourth-order valence-electron chi connectivity index (χ4n) is 2.37. The number of halogens is 1. The molecule has 0 aliphatic carbocycles. The standard InChI is InChI=1S/C15H19FN4O/c1-18(2)15(21)11-19-6-8-20(9-7-19)14-5-3-4-13(16)12(14)10-17/h3-5H,6-9,11H2,1-2H3. The third-order valence-electron chi connectivity index (χ3n) is 3.67. The highest BCUT2D eigenvalue weighted by Gasteiger charge is 2.22. The summed E-state index contributed by atoms with van der Waals surface area (Å²) in [5.74, 6) is -0.410. The van der Waals surface area contributed by atoms with Gasteiger partial charge in [-0.2, -0.15) is 5.26 Å². The van der Waals surface area contributed by atoms with Gasteiger partial charge >= 0.3 is 0 Å². The van der Waals surface area contributed by atoms with Gasteiger partial charge in [0.2, 0.25) is 5.91 Å². The second kappa shape index (κ2) is 6.55. The van der Waals surface area contributed by atoms with Gasteiger partial charge in [-0.05, 0) is 12.1 Å². The number of amides is 1. The molecule has 6 heteroatoms. The predicted octanol–water partition coefficient (Wildman–Crippen LogP) is 0.908. The number of carbonyl (C=O) groups excluding carboxylic acids is 1. The summed E-state index contributed by atoms with van der Waals surface area (Å²) < 4.78 is 13.6. The predicted molar refractivity (Wildman–Crippen MR) is 78.5 cm³/mol. The van der Waals surface area contributed by atoms with Crippen LogP contribution >= 0.6 is 0 Å². The lowest BCUT2D eigenvalue weighted by molar-refractivity contribution is -0.129. The van der Waals surface area contributed by atoms with Crippen molar-refractivity contribution in [1.29, 1.82) is 5.26 Å². The normalized spacial score (nSPS) is 15.6. The molecule has 112 valence electrons. The molecule has 2 rings (SSSR count). The Kier molecular flexibility index (Phi) is 4.76. The fraction of sp³-hybridized carbons (Fsp3) is 0.467. The smallest absolute Gasteiger partial charge is 0.236 e. The van der Waals surface area contributed by atoms with E-state index in [1.54, 1.807) is 31.1 Å². The lowest BCUT2D eigenvalue weighted by Gasteiger charge is -2.36. The van der Waals surface area contributed by atoms with Crippen LogP contribution in [0, 0.1) is 17.1 Å². The highest BCUT2D eigenvalue weighted by molar-refractivity contribution is 5.77. The highest BCUT2D eigenvalue weighted by atomic mass is 19.1. The van der Waals surface area contributed by atoms with Crippen molar-refractivity contribution >= 4 is 11.6 Å². The van der Waals surface area contributed by atoms with Crippen LogP contribution in [0.25, 0.3) is 0 Å². The van der Waals surface area contributed by atoms with Crippen molar-refractivity contribution in [2.75, 3.05) is 51.7 Å². The Morgan fingerprint density at radius 2 is 2.00 bits per heavy atom. The number of rotatable bonds is 3. The number of likely N-dealkylation sites (N-methyl/N-ethyl adjacent to an activating group) is 1. The summed E-state index contributed by atoms with van der Waals surface area (Å²) in [5, 5.41) is 9.08. The van der Waals surface area contributed by atoms with E-state index in [0.717, 1.165) is 13.1 Å². The van der Waals surface area contributed by atoms with Gasteiger partial charge in [0.05, 0.1) is 12.2 Å². The van der Waals surface area contributed by atoms with Gasteiger partial charge in [0, 0.05) is 40.3 Å². The van der Waals surface area contributed by atoms with Gasteiger partial charge in [-0.25, -0.2) is 4.39 Å². The van der Waals surface area contributed by atoms with Crippen LogP contribution in [-0.2, 0) is 4.79 Å². The molecule has 1 amide bonds. The van der Waals surface area contributed by atoms with E-state index in [1.807, 2.05) is 11.0 Å². The zero-order valence-electron chi connectivity index (χ0n) is 12.3. The zero-order valence-corrected chi connectivity index (χ0v) is 12.3. The van der Waals surface area contributed by atoms with Crippen molar-refractivity contribution in [2.24, 2.45) is 0 Å². The summed E-state index contributed by atoms with van der Waals surface area (Å²) in [5.41, 5.74) is 0.728. The van der Waals surface area contributed by atoms with E-state index in [4.69, 9.17) is 5.26 Å². The molecule has 0 N–H and O–H groups in total. The third kappa shape index (κ3) is 3.50. The van der Waals surface area contributed by atoms with Gasteiger partial charge in [0.1, 0.15) is 17.4 Å². The van der Waals surface area contributed by atoms with E-state index in [1.165, 1.54) is 6.07 Å². The summed E-state index contributed by atoms with van der Waals surface area (Å²) in [6.45, 7) is 3.20. The first-order valence-corrected chi connectivity index (χ1v) is 6.89. The molecule has 0 unspecified atom stereocenters. The molecule has 1 aromatic rings. The number of carbonyl (C=O) groups is 1.